The van der Waals surface area contributed by atoms with Crippen molar-refractivity contribution in [2.45, 2.75) is 18.4 Å². The SMILES string of the molecule is Cc1ccc(S(=O)(=O)N(C)Cc2cccc([N+](=O)[O-])c2)cc1. The summed E-state index contributed by atoms with van der Waals surface area (Å²) in [7, 11) is -2.17. The second-order valence-electron chi connectivity index (χ2n) is 5.00. The maximum Gasteiger partial charge on any atom is 0.269 e. The van der Waals surface area contributed by atoms with Crippen molar-refractivity contribution in [3.63, 3.8) is 0 Å². The molecule has 0 aliphatic rings. The molecule has 0 spiro atoms. The third kappa shape index (κ3) is 3.49. The van der Waals surface area contributed by atoms with Gasteiger partial charge in [-0.2, -0.15) is 4.31 Å². The van der Waals surface area contributed by atoms with E-state index < -0.39 is 14.9 Å². The number of nitrogens with zero attached hydrogens (tertiary/aromatic N) is 2. The summed E-state index contributed by atoms with van der Waals surface area (Å²) < 4.78 is 26.1. The average Bonchev–Trinajstić information content (AvgIpc) is 2.48. The molecule has 2 aromatic rings. The number of rotatable bonds is 5. The van der Waals surface area contributed by atoms with Gasteiger partial charge in [-0.15, -0.1) is 0 Å². The van der Waals surface area contributed by atoms with Gasteiger partial charge in [-0.05, 0) is 24.6 Å². The summed E-state index contributed by atoms with van der Waals surface area (Å²) in [5, 5.41) is 10.8. The Kier molecular flexibility index (Phi) is 4.58. The van der Waals surface area contributed by atoms with E-state index in [4.69, 9.17) is 0 Å². The number of nitro groups is 1. The van der Waals surface area contributed by atoms with Crippen LogP contribution in [0.25, 0.3) is 0 Å². The third-order valence-electron chi connectivity index (χ3n) is 3.26. The molecular formula is C15H16N2O4S. The molecule has 22 heavy (non-hydrogen) atoms. The molecule has 0 aromatic heterocycles. The van der Waals surface area contributed by atoms with Gasteiger partial charge in [0.05, 0.1) is 9.82 Å². The van der Waals surface area contributed by atoms with Crippen molar-refractivity contribution < 1.29 is 13.3 Å². The van der Waals surface area contributed by atoms with Gasteiger partial charge in [-0.3, -0.25) is 10.1 Å². The van der Waals surface area contributed by atoms with Crippen LogP contribution in [0.3, 0.4) is 0 Å². The smallest absolute Gasteiger partial charge is 0.258 e. The number of non-ortho nitro benzene ring substituents is 1. The van der Waals surface area contributed by atoms with Crippen molar-refractivity contribution in [3.8, 4) is 0 Å². The van der Waals surface area contributed by atoms with Gasteiger partial charge in [-0.25, -0.2) is 8.42 Å². The van der Waals surface area contributed by atoms with Crippen LogP contribution in [-0.4, -0.2) is 24.7 Å². The summed E-state index contributed by atoms with van der Waals surface area (Å²) in [5.74, 6) is 0. The molecular weight excluding hydrogens is 304 g/mol. The second kappa shape index (κ2) is 6.25. The fourth-order valence-corrected chi connectivity index (χ4v) is 3.16. The van der Waals surface area contributed by atoms with Crippen LogP contribution in [0.2, 0.25) is 0 Å². The van der Waals surface area contributed by atoms with E-state index in [9.17, 15) is 18.5 Å². The van der Waals surface area contributed by atoms with Gasteiger partial charge < -0.3 is 0 Å². The largest absolute Gasteiger partial charge is 0.269 e. The van der Waals surface area contributed by atoms with Gasteiger partial charge in [0.25, 0.3) is 5.69 Å². The monoisotopic (exact) mass is 320 g/mol. The summed E-state index contributed by atoms with van der Waals surface area (Å²) in [6, 6.07) is 12.5. The first-order valence-electron chi connectivity index (χ1n) is 6.57. The fourth-order valence-electron chi connectivity index (χ4n) is 2.00. The minimum Gasteiger partial charge on any atom is -0.258 e. The van der Waals surface area contributed by atoms with E-state index in [1.165, 1.54) is 23.5 Å². The molecule has 0 radical (unpaired) electrons. The number of sulfonamides is 1. The quantitative estimate of drug-likeness (QED) is 0.626. The van der Waals surface area contributed by atoms with Crippen molar-refractivity contribution >= 4 is 15.7 Å². The van der Waals surface area contributed by atoms with Gasteiger partial charge in [-0.1, -0.05) is 29.8 Å². The van der Waals surface area contributed by atoms with Crippen LogP contribution in [0, 0.1) is 17.0 Å². The summed E-state index contributed by atoms with van der Waals surface area (Å²) >= 11 is 0. The lowest BCUT2D eigenvalue weighted by Crippen LogP contribution is -2.26. The number of nitro benzene ring substituents is 1. The normalized spacial score (nSPS) is 11.6. The molecule has 0 amide bonds. The molecule has 0 aliphatic carbocycles. The number of hydrogen-bond donors (Lipinski definition) is 0. The van der Waals surface area contributed by atoms with Gasteiger partial charge in [0.15, 0.2) is 0 Å². The van der Waals surface area contributed by atoms with E-state index in [-0.39, 0.29) is 17.1 Å². The molecule has 2 aromatic carbocycles. The molecule has 0 saturated carbocycles. The van der Waals surface area contributed by atoms with Crippen LogP contribution in [0.1, 0.15) is 11.1 Å². The maximum atomic E-state index is 12.5. The highest BCUT2D eigenvalue weighted by Gasteiger charge is 2.21. The van der Waals surface area contributed by atoms with E-state index >= 15 is 0 Å². The van der Waals surface area contributed by atoms with E-state index in [0.717, 1.165) is 5.56 Å². The summed E-state index contributed by atoms with van der Waals surface area (Å²) in [4.78, 5) is 10.5. The van der Waals surface area contributed by atoms with Gasteiger partial charge >= 0.3 is 0 Å². The standard InChI is InChI=1S/C15H16N2O4S/c1-12-6-8-15(9-7-12)22(20,21)16(2)11-13-4-3-5-14(10-13)17(18)19/h3-10H,11H2,1-2H3. The fraction of sp³-hybridized carbons (Fsp3) is 0.200. The number of hydrogen-bond acceptors (Lipinski definition) is 4. The summed E-state index contributed by atoms with van der Waals surface area (Å²) in [6.45, 7) is 1.95. The molecule has 0 bridgehead atoms. The molecule has 6 nitrogen and oxygen atoms in total. The van der Waals surface area contributed by atoms with Crippen LogP contribution in [0.5, 0.6) is 0 Å². The Morgan fingerprint density at radius 3 is 2.36 bits per heavy atom. The van der Waals surface area contributed by atoms with Crippen molar-refractivity contribution in [2.75, 3.05) is 7.05 Å². The first kappa shape index (κ1) is 16.1. The molecule has 0 heterocycles. The highest BCUT2D eigenvalue weighted by molar-refractivity contribution is 7.89. The van der Waals surface area contributed by atoms with E-state index in [1.807, 2.05) is 6.92 Å². The molecule has 116 valence electrons. The third-order valence-corrected chi connectivity index (χ3v) is 5.07. The predicted molar refractivity (Wildman–Crippen MR) is 82.9 cm³/mol. The zero-order chi connectivity index (χ0) is 16.3. The maximum absolute atomic E-state index is 12.5. The zero-order valence-corrected chi connectivity index (χ0v) is 13.1. The minimum absolute atomic E-state index is 0.0568. The lowest BCUT2D eigenvalue weighted by atomic mass is 10.2. The first-order valence-corrected chi connectivity index (χ1v) is 8.01. The van der Waals surface area contributed by atoms with E-state index in [0.29, 0.717) is 5.56 Å². The van der Waals surface area contributed by atoms with Gasteiger partial charge in [0.2, 0.25) is 10.0 Å². The molecule has 2 rings (SSSR count). The lowest BCUT2D eigenvalue weighted by Gasteiger charge is -2.17. The highest BCUT2D eigenvalue weighted by atomic mass is 32.2. The Labute approximate surface area is 129 Å². The molecule has 0 saturated heterocycles. The lowest BCUT2D eigenvalue weighted by molar-refractivity contribution is -0.384. The Balaban J connectivity index is 2.24. The number of benzene rings is 2. The molecule has 0 unspecified atom stereocenters. The topological polar surface area (TPSA) is 80.5 Å². The molecule has 7 heteroatoms. The van der Waals surface area contributed by atoms with Crippen LogP contribution in [-0.2, 0) is 16.6 Å². The van der Waals surface area contributed by atoms with Gasteiger partial charge in [0.1, 0.15) is 0 Å². The Bertz CT molecular complexity index is 785. The van der Waals surface area contributed by atoms with E-state index in [1.54, 1.807) is 36.4 Å². The molecule has 0 fully saturated rings. The van der Waals surface area contributed by atoms with E-state index in [2.05, 4.69) is 0 Å². The van der Waals surface area contributed by atoms with Crippen molar-refractivity contribution in [1.29, 1.82) is 0 Å². The molecule has 0 N–H and O–H groups in total. The minimum atomic E-state index is -3.62. The summed E-state index contributed by atoms with van der Waals surface area (Å²) in [5.41, 5.74) is 1.48. The van der Waals surface area contributed by atoms with Crippen molar-refractivity contribution in [1.82, 2.24) is 4.31 Å². The molecule has 0 atom stereocenters. The zero-order valence-electron chi connectivity index (χ0n) is 12.3. The number of aryl methyl sites for hydroxylation is 1. The Hall–Kier alpha value is -2.25. The summed E-state index contributed by atoms with van der Waals surface area (Å²) in [6.07, 6.45) is 0. The van der Waals surface area contributed by atoms with Crippen LogP contribution < -0.4 is 0 Å². The van der Waals surface area contributed by atoms with Crippen LogP contribution in [0.15, 0.2) is 53.4 Å². The van der Waals surface area contributed by atoms with Gasteiger partial charge in [0, 0.05) is 25.7 Å². The molecule has 0 aliphatic heterocycles. The Morgan fingerprint density at radius 2 is 1.77 bits per heavy atom. The van der Waals surface area contributed by atoms with Crippen molar-refractivity contribution in [2.24, 2.45) is 0 Å². The average molecular weight is 320 g/mol. The van der Waals surface area contributed by atoms with Crippen LogP contribution in [0.4, 0.5) is 5.69 Å². The highest BCUT2D eigenvalue weighted by Crippen LogP contribution is 2.19. The second-order valence-corrected chi connectivity index (χ2v) is 7.05. The van der Waals surface area contributed by atoms with Crippen molar-refractivity contribution in [3.05, 3.63) is 69.8 Å². The Morgan fingerprint density at radius 1 is 1.14 bits per heavy atom. The van der Waals surface area contributed by atoms with Crippen LogP contribution >= 0.6 is 0 Å². The predicted octanol–water partition coefficient (Wildman–Crippen LogP) is 2.72. The first-order chi connectivity index (χ1) is 10.3.